The molecule has 20 heavy (non-hydrogen) atoms. The van der Waals surface area contributed by atoms with E-state index in [1.54, 1.807) is 16.8 Å². The van der Waals surface area contributed by atoms with Gasteiger partial charge in [0.05, 0.1) is 11.7 Å². The predicted octanol–water partition coefficient (Wildman–Crippen LogP) is 0.740. The molecule has 0 aliphatic heterocycles. The molecule has 3 aromatic heterocycles. The molecule has 0 aromatic carbocycles. The Morgan fingerprint density at radius 3 is 3.05 bits per heavy atom. The number of nitrogens with one attached hydrogen (secondary N) is 1. The minimum Gasteiger partial charge on any atom is -0.374 e. The summed E-state index contributed by atoms with van der Waals surface area (Å²) < 4.78 is 1.61. The van der Waals surface area contributed by atoms with Crippen molar-refractivity contribution in [2.24, 2.45) is 0 Å². The molecular formula is C12H12N6OS. The third-order valence-electron chi connectivity index (χ3n) is 2.76. The monoisotopic (exact) mass is 288 g/mol. The summed E-state index contributed by atoms with van der Waals surface area (Å²) in [7, 11) is 0. The highest BCUT2D eigenvalue weighted by Gasteiger charge is 2.10. The van der Waals surface area contributed by atoms with Crippen molar-refractivity contribution in [3.63, 3.8) is 0 Å². The molecule has 3 aromatic rings. The van der Waals surface area contributed by atoms with Crippen LogP contribution in [0.5, 0.6) is 0 Å². The second-order valence-corrected chi connectivity index (χ2v) is 5.21. The van der Waals surface area contributed by atoms with Crippen LogP contribution >= 0.6 is 11.3 Å². The van der Waals surface area contributed by atoms with E-state index in [0.717, 1.165) is 10.5 Å². The highest BCUT2D eigenvalue weighted by Crippen LogP contribution is 2.11. The summed E-state index contributed by atoms with van der Waals surface area (Å²) in [5.41, 5.74) is 6.89. The quantitative estimate of drug-likeness (QED) is 0.738. The fourth-order valence-electron chi connectivity index (χ4n) is 1.86. The van der Waals surface area contributed by atoms with Crippen LogP contribution in [0.3, 0.4) is 0 Å². The number of amides is 1. The molecule has 0 saturated carbocycles. The van der Waals surface area contributed by atoms with Gasteiger partial charge in [0, 0.05) is 13.0 Å². The lowest BCUT2D eigenvalue weighted by Gasteiger charge is -2.05. The molecule has 0 fully saturated rings. The van der Waals surface area contributed by atoms with Gasteiger partial charge in [-0.25, -0.2) is 4.52 Å². The average molecular weight is 288 g/mol. The maximum absolute atomic E-state index is 12.1. The summed E-state index contributed by atoms with van der Waals surface area (Å²) in [6.45, 7) is 0.477. The number of hydrogen-bond donors (Lipinski definition) is 2. The van der Waals surface area contributed by atoms with Crippen molar-refractivity contribution in [2.75, 3.05) is 12.3 Å². The highest BCUT2D eigenvalue weighted by atomic mass is 32.1. The Morgan fingerprint density at radius 1 is 1.35 bits per heavy atom. The van der Waals surface area contributed by atoms with Crippen molar-refractivity contribution in [1.82, 2.24) is 25.1 Å². The zero-order valence-corrected chi connectivity index (χ0v) is 11.3. The zero-order chi connectivity index (χ0) is 13.9. The van der Waals surface area contributed by atoms with E-state index in [4.69, 9.17) is 5.73 Å². The second-order valence-electron chi connectivity index (χ2n) is 4.12. The van der Waals surface area contributed by atoms with Gasteiger partial charge in [-0.15, -0.1) is 10.2 Å². The number of anilines is 1. The van der Waals surface area contributed by atoms with Crippen LogP contribution in [0.2, 0.25) is 0 Å². The molecule has 3 rings (SSSR count). The van der Waals surface area contributed by atoms with Gasteiger partial charge in [-0.2, -0.15) is 5.10 Å². The number of fused-ring (bicyclic) bond motifs is 1. The van der Waals surface area contributed by atoms with Crippen LogP contribution in [0.1, 0.15) is 15.5 Å². The molecule has 0 bridgehead atoms. The van der Waals surface area contributed by atoms with Crippen LogP contribution in [-0.4, -0.2) is 32.3 Å². The fourth-order valence-corrected chi connectivity index (χ4v) is 2.47. The van der Waals surface area contributed by atoms with E-state index in [9.17, 15) is 4.79 Å². The van der Waals surface area contributed by atoms with Gasteiger partial charge in [0.15, 0.2) is 0 Å². The Hall–Kier alpha value is -2.48. The topological polar surface area (TPSA) is 98.2 Å². The van der Waals surface area contributed by atoms with E-state index < -0.39 is 0 Å². The molecular weight excluding hydrogens is 276 g/mol. The summed E-state index contributed by atoms with van der Waals surface area (Å²) in [5, 5.41) is 15.8. The lowest BCUT2D eigenvalue weighted by molar-refractivity contribution is 0.0946. The van der Waals surface area contributed by atoms with Crippen molar-refractivity contribution in [1.29, 1.82) is 0 Å². The van der Waals surface area contributed by atoms with Crippen molar-refractivity contribution in [3.8, 4) is 0 Å². The van der Waals surface area contributed by atoms with Gasteiger partial charge in [0.1, 0.15) is 10.7 Å². The molecule has 8 heteroatoms. The summed E-state index contributed by atoms with van der Waals surface area (Å²) >= 11 is 1.33. The number of aromatic nitrogens is 4. The molecule has 1 amide bonds. The SMILES string of the molecule is Nc1nnc(CCNC(=O)c2cccc3ccnn23)s1. The van der Waals surface area contributed by atoms with E-state index in [-0.39, 0.29) is 5.91 Å². The molecule has 0 aliphatic rings. The maximum Gasteiger partial charge on any atom is 0.269 e. The van der Waals surface area contributed by atoms with Crippen LogP contribution < -0.4 is 11.1 Å². The minimum atomic E-state index is -0.170. The van der Waals surface area contributed by atoms with Gasteiger partial charge in [0.2, 0.25) is 5.13 Å². The van der Waals surface area contributed by atoms with Gasteiger partial charge in [0.25, 0.3) is 5.91 Å². The average Bonchev–Trinajstić information content (AvgIpc) is 3.06. The van der Waals surface area contributed by atoms with E-state index >= 15 is 0 Å². The number of carbonyl (C=O) groups excluding carboxylic acids is 1. The molecule has 0 radical (unpaired) electrons. The molecule has 3 N–H and O–H groups in total. The highest BCUT2D eigenvalue weighted by molar-refractivity contribution is 7.15. The molecule has 0 unspecified atom stereocenters. The summed E-state index contributed by atoms with van der Waals surface area (Å²) in [6, 6.07) is 7.31. The third kappa shape index (κ3) is 2.45. The Morgan fingerprint density at radius 2 is 2.25 bits per heavy atom. The molecule has 7 nitrogen and oxygen atoms in total. The number of hydrogen-bond acceptors (Lipinski definition) is 6. The first kappa shape index (κ1) is 12.5. The fraction of sp³-hybridized carbons (Fsp3) is 0.167. The van der Waals surface area contributed by atoms with Gasteiger partial charge < -0.3 is 11.1 Å². The molecule has 0 atom stereocenters. The summed E-state index contributed by atoms with van der Waals surface area (Å²) in [6.07, 6.45) is 2.27. The normalized spacial score (nSPS) is 10.8. The Bertz CT molecular complexity index is 749. The van der Waals surface area contributed by atoms with Crippen molar-refractivity contribution < 1.29 is 4.79 Å². The number of rotatable bonds is 4. The lowest BCUT2D eigenvalue weighted by atomic mass is 10.3. The molecule has 0 spiro atoms. The van der Waals surface area contributed by atoms with Crippen LogP contribution in [0.4, 0.5) is 5.13 Å². The minimum absolute atomic E-state index is 0.170. The maximum atomic E-state index is 12.1. The van der Waals surface area contributed by atoms with Gasteiger partial charge in [-0.05, 0) is 18.2 Å². The van der Waals surface area contributed by atoms with E-state index in [1.165, 1.54) is 11.3 Å². The standard InChI is InChI=1S/C12H12N6OS/c13-12-17-16-10(20-12)5-6-14-11(19)9-3-1-2-8-4-7-15-18(8)9/h1-4,7H,5-6H2,(H2,13,17)(H,14,19). The van der Waals surface area contributed by atoms with Crippen molar-refractivity contribution in [3.05, 3.63) is 41.2 Å². The first-order valence-electron chi connectivity index (χ1n) is 6.03. The smallest absolute Gasteiger partial charge is 0.269 e. The Labute approximate surface area is 118 Å². The third-order valence-corrected chi connectivity index (χ3v) is 3.57. The molecule has 0 aliphatic carbocycles. The van der Waals surface area contributed by atoms with E-state index in [1.807, 2.05) is 18.2 Å². The van der Waals surface area contributed by atoms with Crippen LogP contribution in [0.25, 0.3) is 5.52 Å². The van der Waals surface area contributed by atoms with Crippen LogP contribution in [0, 0.1) is 0 Å². The number of nitrogens with zero attached hydrogens (tertiary/aromatic N) is 4. The zero-order valence-electron chi connectivity index (χ0n) is 10.5. The van der Waals surface area contributed by atoms with E-state index in [0.29, 0.717) is 23.8 Å². The van der Waals surface area contributed by atoms with Gasteiger partial charge in [-0.1, -0.05) is 17.4 Å². The predicted molar refractivity (Wildman–Crippen MR) is 75.6 cm³/mol. The van der Waals surface area contributed by atoms with Gasteiger partial charge >= 0.3 is 0 Å². The summed E-state index contributed by atoms with van der Waals surface area (Å²) in [5.74, 6) is -0.170. The Balaban J connectivity index is 1.66. The molecule has 3 heterocycles. The lowest BCUT2D eigenvalue weighted by Crippen LogP contribution is -2.27. The first-order valence-corrected chi connectivity index (χ1v) is 6.84. The second kappa shape index (κ2) is 5.25. The van der Waals surface area contributed by atoms with E-state index in [2.05, 4.69) is 20.6 Å². The number of nitrogen functional groups attached to an aromatic ring is 1. The van der Waals surface area contributed by atoms with Crippen LogP contribution in [0.15, 0.2) is 30.5 Å². The molecule has 0 saturated heterocycles. The van der Waals surface area contributed by atoms with Gasteiger partial charge in [-0.3, -0.25) is 4.79 Å². The summed E-state index contributed by atoms with van der Waals surface area (Å²) in [4.78, 5) is 12.1. The first-order chi connectivity index (χ1) is 9.74. The largest absolute Gasteiger partial charge is 0.374 e. The van der Waals surface area contributed by atoms with Crippen molar-refractivity contribution >= 4 is 27.9 Å². The van der Waals surface area contributed by atoms with Crippen LogP contribution in [-0.2, 0) is 6.42 Å². The number of pyridine rings is 1. The number of carbonyl (C=O) groups is 1. The molecule has 102 valence electrons. The number of nitrogens with two attached hydrogens (primary N) is 1. The van der Waals surface area contributed by atoms with Crippen molar-refractivity contribution in [2.45, 2.75) is 6.42 Å². The Kier molecular flexibility index (Phi) is 3.30.